The van der Waals surface area contributed by atoms with Crippen molar-refractivity contribution in [3.63, 3.8) is 0 Å². The number of hydrogen-bond donors (Lipinski definition) is 0. The van der Waals surface area contributed by atoms with Gasteiger partial charge in [-0.25, -0.2) is 4.98 Å². The van der Waals surface area contributed by atoms with E-state index in [1.807, 2.05) is 30.3 Å². The van der Waals surface area contributed by atoms with Crippen LogP contribution in [0.3, 0.4) is 0 Å². The first-order chi connectivity index (χ1) is 12.9. The Kier molecular flexibility index (Phi) is 4.54. The number of aromatic nitrogens is 3. The molecule has 4 rings (SSSR count). The predicted molar refractivity (Wildman–Crippen MR) is 116 cm³/mol. The van der Waals surface area contributed by atoms with Crippen molar-refractivity contribution < 1.29 is 0 Å². The Labute approximate surface area is 165 Å². The zero-order chi connectivity index (χ0) is 19.0. The summed E-state index contributed by atoms with van der Waals surface area (Å²) in [5.74, 6) is 1.19. The van der Waals surface area contributed by atoms with Crippen molar-refractivity contribution in [3.8, 4) is 22.8 Å². The molecule has 1 aromatic heterocycles. The molecule has 0 atom stereocenters. The van der Waals surface area contributed by atoms with Gasteiger partial charge in [0.2, 0.25) is 5.28 Å². The van der Waals surface area contributed by atoms with E-state index in [1.165, 1.54) is 10.6 Å². The van der Waals surface area contributed by atoms with E-state index < -0.39 is 8.07 Å². The molecule has 134 valence electrons. The van der Waals surface area contributed by atoms with Crippen LogP contribution in [0.4, 0.5) is 0 Å². The molecule has 3 nitrogen and oxygen atoms in total. The molecule has 0 saturated heterocycles. The summed E-state index contributed by atoms with van der Waals surface area (Å²) >= 11 is 6.25. The largest absolute Gasteiger partial charge is 0.226 e. The van der Waals surface area contributed by atoms with Gasteiger partial charge in [-0.05, 0) is 22.4 Å². The van der Waals surface area contributed by atoms with Gasteiger partial charge in [-0.3, -0.25) is 0 Å². The first kappa shape index (κ1) is 17.8. The average Bonchev–Trinajstić information content (AvgIpc) is 2.66. The summed E-state index contributed by atoms with van der Waals surface area (Å²) in [4.78, 5) is 13.5. The SMILES string of the molecule is C[Si](C)(C)c1ccc(-c2nc(Cl)nc(-c3ccccc3)n2)c2ccccc12. The maximum atomic E-state index is 6.25. The molecule has 5 heteroatoms. The number of fused-ring (bicyclic) bond motifs is 1. The standard InChI is InChI=1S/C22H20ClN3Si/c1-27(2,3)19-14-13-18(16-11-7-8-12-17(16)19)21-24-20(25-22(23)26-21)15-9-5-4-6-10-15/h4-14H,1-3H3. The van der Waals surface area contributed by atoms with Crippen LogP contribution >= 0.6 is 11.6 Å². The molecule has 0 aliphatic rings. The fraction of sp³-hybridized carbons (Fsp3) is 0.136. The first-order valence-electron chi connectivity index (χ1n) is 8.93. The molecule has 0 aliphatic carbocycles. The molecule has 0 saturated carbocycles. The van der Waals surface area contributed by atoms with E-state index in [2.05, 4.69) is 66.0 Å². The van der Waals surface area contributed by atoms with Gasteiger partial charge in [-0.2, -0.15) is 9.97 Å². The van der Waals surface area contributed by atoms with Gasteiger partial charge in [0.25, 0.3) is 0 Å². The van der Waals surface area contributed by atoms with E-state index in [-0.39, 0.29) is 5.28 Å². The van der Waals surface area contributed by atoms with Crippen LogP contribution in [0.2, 0.25) is 24.9 Å². The first-order valence-corrected chi connectivity index (χ1v) is 12.8. The van der Waals surface area contributed by atoms with Crippen molar-refractivity contribution in [1.29, 1.82) is 0 Å². The smallest absolute Gasteiger partial charge is 0.208 e. The molecular formula is C22H20ClN3Si. The molecule has 4 aromatic rings. The molecule has 0 fully saturated rings. The Hall–Kier alpha value is -2.56. The molecule has 1 heterocycles. The summed E-state index contributed by atoms with van der Waals surface area (Å²) in [5.41, 5.74) is 1.90. The Morgan fingerprint density at radius 1 is 0.667 bits per heavy atom. The third-order valence-corrected chi connectivity index (χ3v) is 6.83. The summed E-state index contributed by atoms with van der Waals surface area (Å²) in [6.45, 7) is 7.09. The number of nitrogens with zero attached hydrogens (tertiary/aromatic N) is 3. The maximum absolute atomic E-state index is 6.25. The van der Waals surface area contributed by atoms with Gasteiger partial charge in [0, 0.05) is 11.1 Å². The maximum Gasteiger partial charge on any atom is 0.226 e. The van der Waals surface area contributed by atoms with Crippen LogP contribution in [0.25, 0.3) is 33.5 Å². The van der Waals surface area contributed by atoms with Crippen molar-refractivity contribution in [2.24, 2.45) is 0 Å². The molecule has 27 heavy (non-hydrogen) atoms. The topological polar surface area (TPSA) is 38.7 Å². The molecule has 0 bridgehead atoms. The molecular weight excluding hydrogens is 370 g/mol. The van der Waals surface area contributed by atoms with Crippen LogP contribution in [0, 0.1) is 0 Å². The minimum absolute atomic E-state index is 0.206. The summed E-state index contributed by atoms with van der Waals surface area (Å²) in [6, 6.07) is 22.7. The highest BCUT2D eigenvalue weighted by Crippen LogP contribution is 2.28. The second-order valence-corrected chi connectivity index (χ2v) is 13.0. The summed E-state index contributed by atoms with van der Waals surface area (Å²) in [5, 5.41) is 4.06. The van der Waals surface area contributed by atoms with E-state index in [1.54, 1.807) is 0 Å². The van der Waals surface area contributed by atoms with Crippen LogP contribution < -0.4 is 5.19 Å². The van der Waals surface area contributed by atoms with Gasteiger partial charge in [0.15, 0.2) is 11.6 Å². The third-order valence-electron chi connectivity index (χ3n) is 4.61. The molecule has 0 amide bonds. The Balaban J connectivity index is 1.95. The third kappa shape index (κ3) is 3.50. The lowest BCUT2D eigenvalue weighted by Crippen LogP contribution is -2.38. The molecule has 0 radical (unpaired) electrons. The van der Waals surface area contributed by atoms with Gasteiger partial charge < -0.3 is 0 Å². The van der Waals surface area contributed by atoms with Crippen LogP contribution in [-0.2, 0) is 0 Å². The van der Waals surface area contributed by atoms with Crippen molar-refractivity contribution in [1.82, 2.24) is 15.0 Å². The van der Waals surface area contributed by atoms with Crippen LogP contribution in [-0.4, -0.2) is 23.0 Å². The summed E-state index contributed by atoms with van der Waals surface area (Å²) in [6.07, 6.45) is 0. The second-order valence-electron chi connectivity index (χ2n) is 7.57. The van der Waals surface area contributed by atoms with Crippen molar-refractivity contribution in [3.05, 3.63) is 72.0 Å². The van der Waals surface area contributed by atoms with Crippen LogP contribution in [0.1, 0.15) is 0 Å². The van der Waals surface area contributed by atoms with Crippen LogP contribution in [0.5, 0.6) is 0 Å². The number of rotatable bonds is 3. The number of hydrogen-bond acceptors (Lipinski definition) is 3. The zero-order valence-corrected chi connectivity index (χ0v) is 17.3. The average molecular weight is 390 g/mol. The molecule has 0 spiro atoms. The van der Waals surface area contributed by atoms with Gasteiger partial charge in [0.05, 0.1) is 8.07 Å². The Morgan fingerprint density at radius 2 is 1.30 bits per heavy atom. The normalized spacial score (nSPS) is 11.7. The van der Waals surface area contributed by atoms with Crippen molar-refractivity contribution >= 4 is 35.6 Å². The van der Waals surface area contributed by atoms with E-state index in [4.69, 9.17) is 16.6 Å². The quantitative estimate of drug-likeness (QED) is 0.430. The fourth-order valence-corrected chi connectivity index (χ4v) is 5.10. The Morgan fingerprint density at radius 3 is 2.00 bits per heavy atom. The monoisotopic (exact) mass is 389 g/mol. The number of halogens is 1. The van der Waals surface area contributed by atoms with Gasteiger partial charge >= 0.3 is 0 Å². The zero-order valence-electron chi connectivity index (χ0n) is 15.6. The molecule has 0 aliphatic heterocycles. The number of benzene rings is 3. The highest BCUT2D eigenvalue weighted by molar-refractivity contribution is 6.90. The molecule has 0 unspecified atom stereocenters. The van der Waals surface area contributed by atoms with E-state index >= 15 is 0 Å². The lowest BCUT2D eigenvalue weighted by atomic mass is 10.0. The van der Waals surface area contributed by atoms with E-state index in [0.717, 1.165) is 16.5 Å². The van der Waals surface area contributed by atoms with Crippen molar-refractivity contribution in [2.75, 3.05) is 0 Å². The highest BCUT2D eigenvalue weighted by Gasteiger charge is 2.21. The highest BCUT2D eigenvalue weighted by atomic mass is 35.5. The van der Waals surface area contributed by atoms with Crippen LogP contribution in [0.15, 0.2) is 66.7 Å². The lowest BCUT2D eigenvalue weighted by Gasteiger charge is -2.20. The minimum Gasteiger partial charge on any atom is -0.208 e. The second kappa shape index (κ2) is 6.87. The fourth-order valence-electron chi connectivity index (χ4n) is 3.33. The van der Waals surface area contributed by atoms with E-state index in [9.17, 15) is 0 Å². The molecule has 0 N–H and O–H groups in total. The van der Waals surface area contributed by atoms with Crippen molar-refractivity contribution in [2.45, 2.75) is 19.6 Å². The van der Waals surface area contributed by atoms with Gasteiger partial charge in [-0.15, -0.1) is 0 Å². The van der Waals surface area contributed by atoms with Gasteiger partial charge in [-0.1, -0.05) is 91.6 Å². The Bertz CT molecular complexity index is 1120. The lowest BCUT2D eigenvalue weighted by molar-refractivity contribution is 1.07. The summed E-state index contributed by atoms with van der Waals surface area (Å²) < 4.78 is 0. The predicted octanol–water partition coefficient (Wildman–Crippen LogP) is 5.56. The van der Waals surface area contributed by atoms with E-state index in [0.29, 0.717) is 11.6 Å². The minimum atomic E-state index is -1.48. The molecule has 3 aromatic carbocycles. The van der Waals surface area contributed by atoms with Gasteiger partial charge in [0.1, 0.15) is 0 Å². The summed E-state index contributed by atoms with van der Waals surface area (Å²) in [7, 11) is -1.48.